The van der Waals surface area contributed by atoms with E-state index in [0.717, 1.165) is 11.1 Å². The Hall–Kier alpha value is 0.300. The Bertz CT molecular complexity index is 163. The van der Waals surface area contributed by atoms with Crippen molar-refractivity contribution in [2.24, 2.45) is 0 Å². The number of hydrogen-bond donors (Lipinski definition) is 1. The fraction of sp³-hybridized carbons (Fsp3) is 0.500. The molecule has 0 aromatic carbocycles. The highest BCUT2D eigenvalue weighted by Gasteiger charge is 2.01. The summed E-state index contributed by atoms with van der Waals surface area (Å²) in [4.78, 5) is 10.8. The quantitative estimate of drug-likeness (QED) is 0.143. The number of esters is 1. The zero-order valence-electron chi connectivity index (χ0n) is 6.70. The van der Waals surface area contributed by atoms with Crippen molar-refractivity contribution in [1.29, 1.82) is 0 Å². The third-order valence-corrected chi connectivity index (χ3v) is 2.73. The molecule has 0 heterocycles. The number of thiol groups is 1. The Morgan fingerprint density at radius 1 is 1.75 bits per heavy atom. The summed E-state index contributed by atoms with van der Waals surface area (Å²) in [5.41, 5.74) is 0.419. The van der Waals surface area contributed by atoms with Crippen molar-refractivity contribution in [2.75, 3.05) is 12.8 Å². The van der Waals surface area contributed by atoms with Crippen LogP contribution in [0, 0.1) is 0 Å². The van der Waals surface area contributed by atoms with E-state index in [9.17, 15) is 4.79 Å². The van der Waals surface area contributed by atoms with E-state index in [1.54, 1.807) is 6.92 Å². The molecule has 12 heavy (non-hydrogen) atoms. The number of carbonyl (C=O) groups excluding carboxylic acids is 1. The summed E-state index contributed by atoms with van der Waals surface area (Å²) < 4.78 is 9.67. The highest BCUT2D eigenvalue weighted by molar-refractivity contribution is 8.67. The predicted octanol–water partition coefficient (Wildman–Crippen LogP) is 2.21. The van der Waals surface area contributed by atoms with Gasteiger partial charge in [0.25, 0.3) is 0 Å². The van der Waals surface area contributed by atoms with Gasteiger partial charge in [-0.2, -0.15) is 0 Å². The zero-order valence-corrected chi connectivity index (χ0v) is 9.41. The molecule has 0 aromatic rings. The van der Waals surface area contributed by atoms with E-state index >= 15 is 0 Å². The fourth-order valence-electron chi connectivity index (χ4n) is 0.377. The molecule has 0 radical (unpaired) electrons. The van der Waals surface area contributed by atoms with Gasteiger partial charge in [0.05, 0.1) is 17.7 Å². The summed E-state index contributed by atoms with van der Waals surface area (Å²) in [7, 11) is 0.305. The first-order valence-electron chi connectivity index (χ1n) is 3.21. The predicted molar refractivity (Wildman–Crippen MR) is 56.6 cm³/mol. The molecular weight excluding hydrogens is 215 g/mol. The maximum absolute atomic E-state index is 10.8. The van der Waals surface area contributed by atoms with E-state index in [0.29, 0.717) is 27.1 Å². The second kappa shape index (κ2) is 7.92. The third-order valence-electron chi connectivity index (χ3n) is 0.882. The fourth-order valence-corrected chi connectivity index (χ4v) is 1.58. The minimum atomic E-state index is -0.349. The van der Waals surface area contributed by atoms with Crippen LogP contribution in [0.2, 0.25) is 0 Å². The molecule has 1 atom stereocenters. The van der Waals surface area contributed by atoms with Crippen LogP contribution < -0.4 is 0 Å². The first-order valence-corrected chi connectivity index (χ1v) is 6.12. The van der Waals surface area contributed by atoms with Gasteiger partial charge in [-0.05, 0) is 6.92 Å². The summed E-state index contributed by atoms with van der Waals surface area (Å²) in [6.07, 6.45) is 0.701. The summed E-state index contributed by atoms with van der Waals surface area (Å²) >= 11 is 4.79. The Kier molecular flexibility index (Phi) is 8.12. The smallest absolute Gasteiger partial charge is 0.333 e. The maximum Gasteiger partial charge on any atom is 0.333 e. The van der Waals surface area contributed by atoms with Crippen molar-refractivity contribution >= 4 is 37.5 Å². The van der Waals surface area contributed by atoms with Gasteiger partial charge in [0, 0.05) is 20.5 Å². The SMILES string of the molecule is C=C(C)C(=O)OCCPOSS. The second-order valence-corrected chi connectivity index (χ2v) is 4.02. The van der Waals surface area contributed by atoms with Crippen LogP contribution in [0.15, 0.2) is 12.2 Å². The molecule has 0 amide bonds. The van der Waals surface area contributed by atoms with E-state index in [1.165, 1.54) is 0 Å². The number of rotatable bonds is 6. The monoisotopic (exact) mass is 226 g/mol. The van der Waals surface area contributed by atoms with Gasteiger partial charge in [0.2, 0.25) is 0 Å². The summed E-state index contributed by atoms with van der Waals surface area (Å²) in [5, 5.41) is 0. The van der Waals surface area contributed by atoms with Crippen molar-refractivity contribution in [3.63, 3.8) is 0 Å². The molecule has 1 unspecified atom stereocenters. The Labute approximate surface area is 83.2 Å². The van der Waals surface area contributed by atoms with Gasteiger partial charge in [-0.1, -0.05) is 18.2 Å². The molecule has 0 aromatic heterocycles. The maximum atomic E-state index is 10.8. The van der Waals surface area contributed by atoms with E-state index < -0.39 is 0 Å². The Morgan fingerprint density at radius 2 is 2.42 bits per heavy atom. The second-order valence-electron chi connectivity index (χ2n) is 1.97. The normalized spacial score (nSPS) is 10.5. The summed E-state index contributed by atoms with van der Waals surface area (Å²) in [6.45, 7) is 5.44. The van der Waals surface area contributed by atoms with E-state index in [4.69, 9.17) is 8.71 Å². The minimum Gasteiger partial charge on any atom is -0.462 e. The number of carbonyl (C=O) groups is 1. The molecule has 0 bridgehead atoms. The average molecular weight is 226 g/mol. The Balaban J connectivity index is 3.20. The van der Waals surface area contributed by atoms with Crippen molar-refractivity contribution in [1.82, 2.24) is 0 Å². The average Bonchev–Trinajstić information content (AvgIpc) is 2.03. The van der Waals surface area contributed by atoms with Crippen LogP contribution in [0.1, 0.15) is 6.92 Å². The van der Waals surface area contributed by atoms with Crippen molar-refractivity contribution in [3.8, 4) is 0 Å². The van der Waals surface area contributed by atoms with Gasteiger partial charge in [0.1, 0.15) is 0 Å². The van der Waals surface area contributed by atoms with Gasteiger partial charge in [-0.3, -0.25) is 3.97 Å². The molecule has 0 aliphatic rings. The van der Waals surface area contributed by atoms with Crippen LogP contribution >= 0.6 is 31.5 Å². The third kappa shape index (κ3) is 6.98. The van der Waals surface area contributed by atoms with Gasteiger partial charge in [-0.15, -0.1) is 0 Å². The van der Waals surface area contributed by atoms with Crippen molar-refractivity contribution in [3.05, 3.63) is 12.2 Å². The highest BCUT2D eigenvalue weighted by Crippen LogP contribution is 2.22. The van der Waals surface area contributed by atoms with Crippen LogP contribution in [0.3, 0.4) is 0 Å². The molecule has 0 saturated heterocycles. The molecule has 0 aliphatic carbocycles. The van der Waals surface area contributed by atoms with Crippen molar-refractivity contribution < 1.29 is 13.5 Å². The zero-order chi connectivity index (χ0) is 9.40. The molecule has 70 valence electrons. The van der Waals surface area contributed by atoms with Crippen LogP contribution in [0.25, 0.3) is 0 Å². The molecule has 0 fully saturated rings. The molecule has 0 N–H and O–H groups in total. The summed E-state index contributed by atoms with van der Waals surface area (Å²) in [5.74, 6) is -0.349. The lowest BCUT2D eigenvalue weighted by Crippen LogP contribution is -2.07. The minimum absolute atomic E-state index is 0.305. The van der Waals surface area contributed by atoms with Gasteiger partial charge >= 0.3 is 5.97 Å². The molecule has 3 nitrogen and oxygen atoms in total. The van der Waals surface area contributed by atoms with Crippen LogP contribution in [0.4, 0.5) is 0 Å². The van der Waals surface area contributed by atoms with E-state index in [1.807, 2.05) is 0 Å². The van der Waals surface area contributed by atoms with Crippen LogP contribution in [-0.4, -0.2) is 18.7 Å². The van der Waals surface area contributed by atoms with Crippen LogP contribution in [-0.2, 0) is 13.5 Å². The van der Waals surface area contributed by atoms with Gasteiger partial charge < -0.3 is 4.74 Å². The summed E-state index contributed by atoms with van der Waals surface area (Å²) in [6, 6.07) is 0. The topological polar surface area (TPSA) is 35.5 Å². The lowest BCUT2D eigenvalue weighted by Gasteiger charge is -2.02. The molecule has 0 spiro atoms. The largest absolute Gasteiger partial charge is 0.462 e. The molecular formula is C6H11O3PS2. The van der Waals surface area contributed by atoms with E-state index in [2.05, 4.69) is 18.2 Å². The first-order chi connectivity index (χ1) is 5.68. The lowest BCUT2D eigenvalue weighted by atomic mass is 10.4. The lowest BCUT2D eigenvalue weighted by molar-refractivity contribution is -0.138. The number of hydrogen-bond acceptors (Lipinski definition) is 5. The molecule has 0 rings (SSSR count). The standard InChI is InChI=1S/C6H11O3PS2/c1-5(2)6(7)8-3-4-10-9-12-11/h10-11H,1,3-4H2,2H3. The molecule has 6 heteroatoms. The van der Waals surface area contributed by atoms with Crippen molar-refractivity contribution in [2.45, 2.75) is 6.92 Å². The van der Waals surface area contributed by atoms with Crippen LogP contribution in [0.5, 0.6) is 0 Å². The highest BCUT2D eigenvalue weighted by atomic mass is 33.1. The first kappa shape index (κ1) is 12.3. The Morgan fingerprint density at radius 3 is 2.92 bits per heavy atom. The van der Waals surface area contributed by atoms with Gasteiger partial charge in [0.15, 0.2) is 0 Å². The van der Waals surface area contributed by atoms with Gasteiger partial charge in [-0.25, -0.2) is 4.79 Å². The number of ether oxygens (including phenoxy) is 1. The molecule has 0 aliphatic heterocycles. The molecule has 0 saturated carbocycles. The van der Waals surface area contributed by atoms with E-state index in [-0.39, 0.29) is 5.97 Å².